The predicted octanol–water partition coefficient (Wildman–Crippen LogP) is 4.25. The van der Waals surface area contributed by atoms with Crippen LogP contribution in [0.4, 0.5) is 4.39 Å². The number of nitrogens with zero attached hydrogens (tertiary/aromatic N) is 1. The van der Waals surface area contributed by atoms with Crippen LogP contribution in [-0.2, 0) is 0 Å². The molecule has 0 aliphatic carbocycles. The summed E-state index contributed by atoms with van der Waals surface area (Å²) in [5.41, 5.74) is 0.512. The van der Waals surface area contributed by atoms with Gasteiger partial charge in [-0.15, -0.1) is 0 Å². The van der Waals surface area contributed by atoms with Gasteiger partial charge >= 0.3 is 0 Å². The third-order valence-electron chi connectivity index (χ3n) is 2.12. The Morgan fingerprint density at radius 2 is 1.88 bits per heavy atom. The second-order valence-electron chi connectivity index (χ2n) is 3.29. The molecule has 0 aromatic heterocycles. The molecule has 2 aromatic rings. The molecule has 0 saturated heterocycles. The molecule has 0 aliphatic rings. The van der Waals surface area contributed by atoms with Crippen molar-refractivity contribution in [3.8, 4) is 17.6 Å². The number of nitriles is 1. The second-order valence-corrected chi connectivity index (χ2v) is 4.14. The Morgan fingerprint density at radius 3 is 2.53 bits per heavy atom. The first kappa shape index (κ1) is 11.6. The minimum atomic E-state index is -0.427. The molecule has 2 nitrogen and oxygen atoms in total. The van der Waals surface area contributed by atoms with E-state index >= 15 is 0 Å². The molecule has 0 spiro atoms. The van der Waals surface area contributed by atoms with Crippen LogP contribution in [0, 0.1) is 17.1 Å². The molecule has 0 aliphatic heterocycles. The van der Waals surface area contributed by atoms with Crippen LogP contribution in [0.25, 0.3) is 0 Å². The van der Waals surface area contributed by atoms with Crippen molar-refractivity contribution in [1.82, 2.24) is 0 Å². The van der Waals surface area contributed by atoms with Crippen molar-refractivity contribution in [2.24, 2.45) is 0 Å². The number of ether oxygens (including phenoxy) is 1. The van der Waals surface area contributed by atoms with Gasteiger partial charge in [-0.05, 0) is 46.3 Å². The number of para-hydroxylation sites is 1. The van der Waals surface area contributed by atoms with E-state index in [0.29, 0.717) is 15.8 Å². The third kappa shape index (κ3) is 2.63. The summed E-state index contributed by atoms with van der Waals surface area (Å²) in [6, 6.07) is 13.0. The highest BCUT2D eigenvalue weighted by molar-refractivity contribution is 9.10. The number of benzene rings is 2. The first-order chi connectivity index (χ1) is 8.20. The predicted molar refractivity (Wildman–Crippen MR) is 65.3 cm³/mol. The van der Waals surface area contributed by atoms with Crippen molar-refractivity contribution in [3.63, 3.8) is 0 Å². The van der Waals surface area contributed by atoms with Crippen molar-refractivity contribution < 1.29 is 9.13 Å². The van der Waals surface area contributed by atoms with E-state index in [2.05, 4.69) is 15.9 Å². The minimum Gasteiger partial charge on any atom is -0.453 e. The summed E-state index contributed by atoms with van der Waals surface area (Å²) in [6.45, 7) is 0. The van der Waals surface area contributed by atoms with E-state index in [1.807, 2.05) is 6.07 Å². The van der Waals surface area contributed by atoms with Gasteiger partial charge in [0, 0.05) is 0 Å². The summed E-state index contributed by atoms with van der Waals surface area (Å²) < 4.78 is 19.4. The van der Waals surface area contributed by atoms with Crippen molar-refractivity contribution in [3.05, 3.63) is 58.3 Å². The van der Waals surface area contributed by atoms with Gasteiger partial charge < -0.3 is 4.74 Å². The molecule has 4 heteroatoms. The smallest absolute Gasteiger partial charge is 0.165 e. The highest BCUT2D eigenvalue weighted by Gasteiger charge is 2.07. The first-order valence-electron chi connectivity index (χ1n) is 4.83. The zero-order valence-electron chi connectivity index (χ0n) is 8.65. The molecule has 17 heavy (non-hydrogen) atoms. The lowest BCUT2D eigenvalue weighted by Crippen LogP contribution is -1.89. The third-order valence-corrected chi connectivity index (χ3v) is 2.74. The van der Waals surface area contributed by atoms with Crippen LogP contribution in [-0.4, -0.2) is 0 Å². The van der Waals surface area contributed by atoms with Gasteiger partial charge in [0.05, 0.1) is 16.1 Å². The fraction of sp³-hybridized carbons (Fsp3) is 0. The summed E-state index contributed by atoms with van der Waals surface area (Å²) in [6.07, 6.45) is 0. The Bertz CT molecular complexity index is 592. The van der Waals surface area contributed by atoms with E-state index in [1.54, 1.807) is 36.4 Å². The molecule has 84 valence electrons. The average molecular weight is 292 g/mol. The lowest BCUT2D eigenvalue weighted by Gasteiger charge is -2.08. The Kier molecular flexibility index (Phi) is 3.40. The second kappa shape index (κ2) is 4.98. The van der Waals surface area contributed by atoms with Gasteiger partial charge in [-0.3, -0.25) is 0 Å². The topological polar surface area (TPSA) is 33.0 Å². The lowest BCUT2D eigenvalue weighted by atomic mass is 10.2. The fourth-order valence-corrected chi connectivity index (χ4v) is 1.76. The molecule has 0 radical (unpaired) electrons. The Labute approximate surface area is 106 Å². The van der Waals surface area contributed by atoms with E-state index in [0.717, 1.165) is 0 Å². The number of rotatable bonds is 2. The van der Waals surface area contributed by atoms with E-state index in [1.165, 1.54) is 6.07 Å². The maximum atomic E-state index is 13.4. The average Bonchev–Trinajstić information content (AvgIpc) is 2.34. The van der Waals surface area contributed by atoms with Crippen LogP contribution in [0.3, 0.4) is 0 Å². The normalized spacial score (nSPS) is 9.71. The molecule has 0 N–H and O–H groups in total. The minimum absolute atomic E-state index is 0.151. The number of hydrogen-bond acceptors (Lipinski definition) is 2. The van der Waals surface area contributed by atoms with Crippen LogP contribution < -0.4 is 4.74 Å². The Balaban J connectivity index is 2.32. The monoisotopic (exact) mass is 291 g/mol. The Hall–Kier alpha value is -1.86. The van der Waals surface area contributed by atoms with Gasteiger partial charge in [0.25, 0.3) is 0 Å². The van der Waals surface area contributed by atoms with Crippen molar-refractivity contribution in [2.45, 2.75) is 0 Å². The van der Waals surface area contributed by atoms with E-state index in [9.17, 15) is 4.39 Å². The van der Waals surface area contributed by atoms with Gasteiger partial charge in [0.2, 0.25) is 0 Å². The van der Waals surface area contributed by atoms with Crippen molar-refractivity contribution in [1.29, 1.82) is 5.26 Å². The largest absolute Gasteiger partial charge is 0.453 e. The quantitative estimate of drug-likeness (QED) is 0.828. The SMILES string of the molecule is N#Cc1ccc(Oc2ccccc2F)c(Br)c1. The number of halogens is 2. The highest BCUT2D eigenvalue weighted by Crippen LogP contribution is 2.31. The standard InChI is InChI=1S/C13H7BrFNO/c14-10-7-9(8-16)5-6-12(10)17-13-4-2-1-3-11(13)15/h1-7H. The summed E-state index contributed by atoms with van der Waals surface area (Å²) in [4.78, 5) is 0. The summed E-state index contributed by atoms with van der Waals surface area (Å²) >= 11 is 3.27. The van der Waals surface area contributed by atoms with E-state index in [-0.39, 0.29) is 5.75 Å². The summed E-state index contributed by atoms with van der Waals surface area (Å²) in [7, 11) is 0. The number of hydrogen-bond donors (Lipinski definition) is 0. The van der Waals surface area contributed by atoms with E-state index in [4.69, 9.17) is 10.00 Å². The van der Waals surface area contributed by atoms with Gasteiger partial charge in [-0.25, -0.2) is 4.39 Å². The van der Waals surface area contributed by atoms with Crippen molar-refractivity contribution >= 4 is 15.9 Å². The van der Waals surface area contributed by atoms with E-state index < -0.39 is 5.82 Å². The Morgan fingerprint density at radius 1 is 1.12 bits per heavy atom. The zero-order chi connectivity index (χ0) is 12.3. The van der Waals surface area contributed by atoms with Gasteiger partial charge in [-0.1, -0.05) is 12.1 Å². The maximum Gasteiger partial charge on any atom is 0.165 e. The fourth-order valence-electron chi connectivity index (χ4n) is 1.30. The first-order valence-corrected chi connectivity index (χ1v) is 5.62. The van der Waals surface area contributed by atoms with Gasteiger partial charge in [-0.2, -0.15) is 5.26 Å². The molecule has 0 unspecified atom stereocenters. The van der Waals surface area contributed by atoms with Crippen LogP contribution in [0.15, 0.2) is 46.9 Å². The molecule has 0 bridgehead atoms. The maximum absolute atomic E-state index is 13.4. The summed E-state index contributed by atoms with van der Waals surface area (Å²) in [5, 5.41) is 8.72. The molecule has 0 saturated carbocycles. The molecule has 2 aromatic carbocycles. The molecule has 2 rings (SSSR count). The molecule has 0 atom stereocenters. The van der Waals surface area contributed by atoms with Crippen molar-refractivity contribution in [2.75, 3.05) is 0 Å². The molecular weight excluding hydrogens is 285 g/mol. The molecule has 0 amide bonds. The zero-order valence-corrected chi connectivity index (χ0v) is 10.2. The molecular formula is C13H7BrFNO. The molecule has 0 heterocycles. The van der Waals surface area contributed by atoms with Crippen LogP contribution in [0.2, 0.25) is 0 Å². The molecule has 0 fully saturated rings. The van der Waals surface area contributed by atoms with Crippen LogP contribution >= 0.6 is 15.9 Å². The van der Waals surface area contributed by atoms with Crippen LogP contribution in [0.1, 0.15) is 5.56 Å². The highest BCUT2D eigenvalue weighted by atomic mass is 79.9. The van der Waals surface area contributed by atoms with Gasteiger partial charge in [0.15, 0.2) is 11.6 Å². The van der Waals surface area contributed by atoms with Crippen LogP contribution in [0.5, 0.6) is 11.5 Å². The summed E-state index contributed by atoms with van der Waals surface area (Å²) in [5.74, 6) is 0.191. The van der Waals surface area contributed by atoms with Gasteiger partial charge in [0.1, 0.15) is 5.75 Å². The lowest BCUT2D eigenvalue weighted by molar-refractivity contribution is 0.440.